The van der Waals surface area contributed by atoms with E-state index in [4.69, 9.17) is 0 Å². The number of halogens is 2. The van der Waals surface area contributed by atoms with Crippen LogP contribution >= 0.6 is 0 Å². The number of aliphatic hydroxyl groups excluding tert-OH is 1. The Morgan fingerprint density at radius 3 is 2.26 bits per heavy atom. The average molecular weight is 386 g/mol. The van der Waals surface area contributed by atoms with Crippen molar-refractivity contribution in [1.29, 1.82) is 0 Å². The van der Waals surface area contributed by atoms with Gasteiger partial charge in [0.1, 0.15) is 11.6 Å². The molecule has 0 aliphatic carbocycles. The number of aliphatic hydroxyl groups is 1. The van der Waals surface area contributed by atoms with Crippen molar-refractivity contribution >= 4 is 22.0 Å². The van der Waals surface area contributed by atoms with Crippen LogP contribution in [-0.4, -0.2) is 13.5 Å². The molecule has 0 aliphatic heterocycles. The molecular formula is C21H16F2O3S. The third kappa shape index (κ3) is 4.13. The molecule has 0 spiro atoms. The zero-order valence-electron chi connectivity index (χ0n) is 14.1. The minimum absolute atomic E-state index is 0.0594. The van der Waals surface area contributed by atoms with Crippen LogP contribution < -0.4 is 0 Å². The fraction of sp³-hybridized carbons (Fsp3) is 0.0476. The SMILES string of the molecule is O=S(=O)(c1ccc(/C=C/c2ccc(F)cc2F)cc1)c1ccccc1CO. The summed E-state index contributed by atoms with van der Waals surface area (Å²) in [4.78, 5) is 0.151. The molecule has 6 heteroatoms. The van der Waals surface area contributed by atoms with Crippen LogP contribution in [0.1, 0.15) is 16.7 Å². The van der Waals surface area contributed by atoms with Crippen LogP contribution in [0.15, 0.2) is 76.5 Å². The highest BCUT2D eigenvalue weighted by atomic mass is 32.2. The maximum Gasteiger partial charge on any atom is 0.206 e. The second-order valence-corrected chi connectivity index (χ2v) is 7.76. The molecule has 0 saturated carbocycles. The Morgan fingerprint density at radius 1 is 0.889 bits per heavy atom. The highest BCUT2D eigenvalue weighted by Crippen LogP contribution is 2.25. The standard InChI is InChI=1S/C21H16F2O3S/c22-18-10-9-16(20(23)13-18)8-5-15-6-11-19(12-7-15)27(25,26)21-4-2-1-3-17(21)14-24/h1-13,24H,14H2/b8-5+. The Hall–Kier alpha value is -2.83. The largest absolute Gasteiger partial charge is 0.392 e. The van der Waals surface area contributed by atoms with Gasteiger partial charge in [-0.05, 0) is 41.5 Å². The quantitative estimate of drug-likeness (QED) is 0.659. The van der Waals surface area contributed by atoms with E-state index < -0.39 is 21.5 Å². The predicted octanol–water partition coefficient (Wildman–Crippen LogP) is 4.46. The van der Waals surface area contributed by atoms with Gasteiger partial charge in [-0.25, -0.2) is 17.2 Å². The average Bonchev–Trinajstić information content (AvgIpc) is 2.67. The monoisotopic (exact) mass is 386 g/mol. The first-order chi connectivity index (χ1) is 12.9. The Labute approximate surface area is 156 Å². The number of hydrogen-bond donors (Lipinski definition) is 1. The smallest absolute Gasteiger partial charge is 0.206 e. The van der Waals surface area contributed by atoms with E-state index in [-0.39, 0.29) is 22.0 Å². The molecule has 0 aromatic heterocycles. The van der Waals surface area contributed by atoms with Crippen LogP contribution in [0.4, 0.5) is 8.78 Å². The Bertz CT molecular complexity index is 1090. The minimum atomic E-state index is -3.76. The zero-order chi connectivity index (χ0) is 19.4. The van der Waals surface area contributed by atoms with Crippen molar-refractivity contribution in [3.63, 3.8) is 0 Å². The fourth-order valence-corrected chi connectivity index (χ4v) is 4.09. The summed E-state index contributed by atoms with van der Waals surface area (Å²) in [5.74, 6) is -1.33. The molecule has 0 saturated heterocycles. The highest BCUT2D eigenvalue weighted by molar-refractivity contribution is 7.91. The zero-order valence-corrected chi connectivity index (χ0v) is 15.0. The summed E-state index contributed by atoms with van der Waals surface area (Å²) in [7, 11) is -3.76. The van der Waals surface area contributed by atoms with Gasteiger partial charge in [0.2, 0.25) is 9.84 Å². The molecule has 3 aromatic carbocycles. The summed E-state index contributed by atoms with van der Waals surface area (Å²) < 4.78 is 52.1. The lowest BCUT2D eigenvalue weighted by Gasteiger charge is -2.09. The van der Waals surface area contributed by atoms with Crippen LogP contribution in [0.5, 0.6) is 0 Å². The van der Waals surface area contributed by atoms with Crippen LogP contribution in [0.2, 0.25) is 0 Å². The lowest BCUT2D eigenvalue weighted by atomic mass is 10.1. The Balaban J connectivity index is 1.88. The topological polar surface area (TPSA) is 54.4 Å². The van der Waals surface area contributed by atoms with Gasteiger partial charge in [-0.2, -0.15) is 0 Å². The summed E-state index contributed by atoms with van der Waals surface area (Å²) >= 11 is 0. The van der Waals surface area contributed by atoms with Gasteiger partial charge >= 0.3 is 0 Å². The molecule has 0 unspecified atom stereocenters. The number of sulfone groups is 1. The van der Waals surface area contributed by atoms with E-state index in [1.54, 1.807) is 36.4 Å². The minimum Gasteiger partial charge on any atom is -0.392 e. The second-order valence-electron chi connectivity index (χ2n) is 5.84. The van der Waals surface area contributed by atoms with Crippen LogP contribution in [0, 0.1) is 11.6 Å². The number of hydrogen-bond acceptors (Lipinski definition) is 3. The van der Waals surface area contributed by atoms with Gasteiger partial charge in [0.15, 0.2) is 0 Å². The molecule has 0 radical (unpaired) electrons. The first kappa shape index (κ1) is 18.9. The molecule has 0 heterocycles. The Morgan fingerprint density at radius 2 is 1.59 bits per heavy atom. The number of rotatable bonds is 5. The van der Waals surface area contributed by atoms with Gasteiger partial charge in [0.05, 0.1) is 16.4 Å². The second kappa shape index (κ2) is 7.82. The summed E-state index contributed by atoms with van der Waals surface area (Å²) in [6.07, 6.45) is 3.09. The van der Waals surface area contributed by atoms with Crippen LogP contribution in [0.3, 0.4) is 0 Å². The molecule has 27 heavy (non-hydrogen) atoms. The van der Waals surface area contributed by atoms with E-state index in [9.17, 15) is 22.3 Å². The molecule has 138 valence electrons. The van der Waals surface area contributed by atoms with Crippen molar-refractivity contribution < 1.29 is 22.3 Å². The van der Waals surface area contributed by atoms with Crippen molar-refractivity contribution in [2.45, 2.75) is 16.4 Å². The summed E-state index contributed by atoms with van der Waals surface area (Å²) in [6.45, 7) is -0.376. The van der Waals surface area contributed by atoms with Gasteiger partial charge in [-0.15, -0.1) is 0 Å². The fourth-order valence-electron chi connectivity index (χ4n) is 2.60. The van der Waals surface area contributed by atoms with Crippen molar-refractivity contribution in [2.75, 3.05) is 0 Å². The molecular weight excluding hydrogens is 370 g/mol. The Kier molecular flexibility index (Phi) is 5.48. The molecule has 0 aliphatic rings. The number of benzene rings is 3. The lowest BCUT2D eigenvalue weighted by Crippen LogP contribution is -2.05. The molecule has 3 rings (SSSR count). The summed E-state index contributed by atoms with van der Waals surface area (Å²) in [6, 6.07) is 15.6. The molecule has 0 fully saturated rings. The van der Waals surface area contributed by atoms with Gasteiger partial charge in [-0.1, -0.05) is 42.5 Å². The van der Waals surface area contributed by atoms with E-state index in [0.717, 1.165) is 12.1 Å². The van der Waals surface area contributed by atoms with Crippen LogP contribution in [-0.2, 0) is 16.4 Å². The van der Waals surface area contributed by atoms with Crippen LogP contribution in [0.25, 0.3) is 12.2 Å². The van der Waals surface area contributed by atoms with Crippen molar-refractivity contribution in [2.24, 2.45) is 0 Å². The molecule has 0 bridgehead atoms. The van der Waals surface area contributed by atoms with Crippen molar-refractivity contribution in [3.8, 4) is 0 Å². The van der Waals surface area contributed by atoms with Gasteiger partial charge in [-0.3, -0.25) is 0 Å². The van der Waals surface area contributed by atoms with Gasteiger partial charge in [0.25, 0.3) is 0 Å². The van der Waals surface area contributed by atoms with Crippen molar-refractivity contribution in [1.82, 2.24) is 0 Å². The molecule has 0 atom stereocenters. The third-order valence-corrected chi connectivity index (χ3v) is 5.91. The third-order valence-electron chi connectivity index (χ3n) is 4.04. The van der Waals surface area contributed by atoms with E-state index in [0.29, 0.717) is 11.1 Å². The van der Waals surface area contributed by atoms with Crippen molar-refractivity contribution in [3.05, 3.63) is 95.1 Å². The van der Waals surface area contributed by atoms with Gasteiger partial charge < -0.3 is 5.11 Å². The maximum atomic E-state index is 13.6. The molecule has 1 N–H and O–H groups in total. The van der Waals surface area contributed by atoms with E-state index >= 15 is 0 Å². The first-order valence-electron chi connectivity index (χ1n) is 8.09. The lowest BCUT2D eigenvalue weighted by molar-refractivity contribution is 0.278. The molecule has 3 aromatic rings. The van der Waals surface area contributed by atoms with E-state index in [1.165, 1.54) is 30.3 Å². The first-order valence-corrected chi connectivity index (χ1v) is 9.57. The highest BCUT2D eigenvalue weighted by Gasteiger charge is 2.20. The van der Waals surface area contributed by atoms with Gasteiger partial charge in [0, 0.05) is 11.6 Å². The maximum absolute atomic E-state index is 13.6. The van der Waals surface area contributed by atoms with E-state index in [2.05, 4.69) is 0 Å². The molecule has 0 amide bonds. The van der Waals surface area contributed by atoms with E-state index in [1.807, 2.05) is 0 Å². The summed E-state index contributed by atoms with van der Waals surface area (Å²) in [5.41, 5.74) is 1.21. The molecule has 3 nitrogen and oxygen atoms in total. The normalized spacial score (nSPS) is 11.8. The predicted molar refractivity (Wildman–Crippen MR) is 99.5 cm³/mol. The summed E-state index contributed by atoms with van der Waals surface area (Å²) in [5, 5.41) is 9.36.